The summed E-state index contributed by atoms with van der Waals surface area (Å²) in [6.07, 6.45) is 2.06. The average Bonchev–Trinajstić information content (AvgIpc) is 2.48. The van der Waals surface area contributed by atoms with Crippen molar-refractivity contribution in [2.75, 3.05) is 0 Å². The van der Waals surface area contributed by atoms with Crippen LogP contribution in [-0.2, 0) is 0 Å². The van der Waals surface area contributed by atoms with Gasteiger partial charge in [0.25, 0.3) is 0 Å². The third-order valence-corrected chi connectivity index (χ3v) is 3.13. The largest absolute Gasteiger partial charge is 0.487 e. The lowest BCUT2D eigenvalue weighted by Crippen LogP contribution is -2.27. The van der Waals surface area contributed by atoms with Crippen molar-refractivity contribution in [3.05, 3.63) is 58.8 Å². The highest BCUT2D eigenvalue weighted by atomic mass is 79.9. The molecule has 0 unspecified atom stereocenters. The molecule has 0 amide bonds. The number of benzene rings is 1. The van der Waals surface area contributed by atoms with Crippen LogP contribution in [-0.4, -0.2) is 22.3 Å². The molecule has 0 fully saturated rings. The molecule has 0 aliphatic rings. The SMILES string of the molecule is C[C@H](Oc1ccc(Br)cc1)[C@@H](O)C#Cc1cccnc1. The van der Waals surface area contributed by atoms with Crippen molar-refractivity contribution in [3.63, 3.8) is 0 Å². The molecule has 1 heterocycles. The van der Waals surface area contributed by atoms with Crippen LogP contribution in [0.2, 0.25) is 0 Å². The van der Waals surface area contributed by atoms with Gasteiger partial charge < -0.3 is 9.84 Å². The van der Waals surface area contributed by atoms with Crippen molar-refractivity contribution in [1.29, 1.82) is 0 Å². The monoisotopic (exact) mass is 331 g/mol. The van der Waals surface area contributed by atoms with Gasteiger partial charge in [-0.15, -0.1) is 0 Å². The van der Waals surface area contributed by atoms with Crippen LogP contribution >= 0.6 is 15.9 Å². The van der Waals surface area contributed by atoms with Crippen molar-refractivity contribution in [2.45, 2.75) is 19.1 Å². The van der Waals surface area contributed by atoms with E-state index in [1.165, 1.54) is 0 Å². The van der Waals surface area contributed by atoms with Crippen LogP contribution in [0.4, 0.5) is 0 Å². The summed E-state index contributed by atoms with van der Waals surface area (Å²) in [5, 5.41) is 9.97. The lowest BCUT2D eigenvalue weighted by Gasteiger charge is -2.16. The average molecular weight is 332 g/mol. The highest BCUT2D eigenvalue weighted by molar-refractivity contribution is 9.10. The predicted molar refractivity (Wildman–Crippen MR) is 81.4 cm³/mol. The van der Waals surface area contributed by atoms with Crippen molar-refractivity contribution in [3.8, 4) is 17.6 Å². The van der Waals surface area contributed by atoms with Crippen molar-refractivity contribution in [1.82, 2.24) is 4.98 Å². The number of aliphatic hydroxyl groups excluding tert-OH is 1. The Morgan fingerprint density at radius 3 is 2.65 bits per heavy atom. The first-order valence-corrected chi connectivity index (χ1v) is 6.96. The summed E-state index contributed by atoms with van der Waals surface area (Å²) in [6, 6.07) is 11.1. The van der Waals surface area contributed by atoms with E-state index in [9.17, 15) is 5.11 Å². The second-order valence-corrected chi connectivity index (χ2v) is 5.15. The Morgan fingerprint density at radius 2 is 2.00 bits per heavy atom. The molecule has 4 heteroatoms. The molecule has 0 saturated carbocycles. The summed E-state index contributed by atoms with van der Waals surface area (Å²) in [6.45, 7) is 1.78. The Balaban J connectivity index is 1.97. The van der Waals surface area contributed by atoms with Crippen molar-refractivity contribution >= 4 is 15.9 Å². The van der Waals surface area contributed by atoms with Gasteiger partial charge in [0.1, 0.15) is 11.9 Å². The summed E-state index contributed by atoms with van der Waals surface area (Å²) in [4.78, 5) is 3.96. The van der Waals surface area contributed by atoms with Crippen LogP contribution in [0.3, 0.4) is 0 Å². The Morgan fingerprint density at radius 1 is 1.25 bits per heavy atom. The Kier molecular flexibility index (Phi) is 5.16. The van der Waals surface area contributed by atoms with Crippen LogP contribution in [0.5, 0.6) is 5.75 Å². The van der Waals surface area contributed by atoms with E-state index in [0.29, 0.717) is 5.75 Å². The second-order valence-electron chi connectivity index (χ2n) is 4.23. The van der Waals surface area contributed by atoms with E-state index in [0.717, 1.165) is 10.0 Å². The number of ether oxygens (including phenoxy) is 1. The standard InChI is InChI=1S/C16H14BrNO2/c1-12(20-15-7-5-14(17)6-8-15)16(19)9-4-13-3-2-10-18-11-13/h2-3,5-8,10-12,16,19H,1H3/t12-,16-/m0/s1. The van der Waals surface area contributed by atoms with Crippen LogP contribution in [0, 0.1) is 11.8 Å². The third-order valence-electron chi connectivity index (χ3n) is 2.61. The number of pyridine rings is 1. The summed E-state index contributed by atoms with van der Waals surface area (Å²) < 4.78 is 6.61. The van der Waals surface area contributed by atoms with Gasteiger partial charge in [-0.3, -0.25) is 4.98 Å². The fourth-order valence-electron chi connectivity index (χ4n) is 1.50. The zero-order chi connectivity index (χ0) is 14.4. The number of aromatic nitrogens is 1. The number of hydrogen-bond donors (Lipinski definition) is 1. The maximum atomic E-state index is 9.97. The van der Waals surface area contributed by atoms with Gasteiger partial charge in [-0.25, -0.2) is 0 Å². The number of nitrogens with zero attached hydrogens (tertiary/aromatic N) is 1. The highest BCUT2D eigenvalue weighted by Gasteiger charge is 2.13. The van der Waals surface area contributed by atoms with E-state index in [1.54, 1.807) is 25.4 Å². The van der Waals surface area contributed by atoms with Gasteiger partial charge in [-0.1, -0.05) is 27.8 Å². The first-order valence-electron chi connectivity index (χ1n) is 6.17. The van der Waals surface area contributed by atoms with E-state index >= 15 is 0 Å². The van der Waals surface area contributed by atoms with Crippen LogP contribution in [0.15, 0.2) is 53.3 Å². The van der Waals surface area contributed by atoms with E-state index in [4.69, 9.17) is 4.74 Å². The van der Waals surface area contributed by atoms with Gasteiger partial charge >= 0.3 is 0 Å². The van der Waals surface area contributed by atoms with E-state index in [2.05, 4.69) is 32.8 Å². The zero-order valence-corrected chi connectivity index (χ0v) is 12.5. The fraction of sp³-hybridized carbons (Fsp3) is 0.188. The number of rotatable bonds is 3. The number of halogens is 1. The lowest BCUT2D eigenvalue weighted by atomic mass is 10.2. The topological polar surface area (TPSA) is 42.4 Å². The molecular formula is C16H14BrNO2. The first-order chi connectivity index (χ1) is 9.65. The van der Waals surface area contributed by atoms with E-state index < -0.39 is 12.2 Å². The molecule has 2 rings (SSSR count). The molecule has 1 aromatic carbocycles. The normalized spacial score (nSPS) is 12.9. The zero-order valence-electron chi connectivity index (χ0n) is 11.0. The molecule has 0 saturated heterocycles. The van der Waals surface area contributed by atoms with Gasteiger partial charge in [-0.05, 0) is 43.3 Å². The predicted octanol–water partition coefficient (Wildman–Crippen LogP) is 3.02. The molecule has 102 valence electrons. The maximum absolute atomic E-state index is 9.97. The molecule has 2 atom stereocenters. The molecule has 0 aliphatic carbocycles. The molecule has 3 nitrogen and oxygen atoms in total. The molecular weight excluding hydrogens is 318 g/mol. The van der Waals surface area contributed by atoms with E-state index in [1.807, 2.05) is 30.3 Å². The van der Waals surface area contributed by atoms with Gasteiger partial charge in [0.2, 0.25) is 0 Å². The Hall–Kier alpha value is -1.83. The summed E-state index contributed by atoms with van der Waals surface area (Å²) >= 11 is 3.36. The number of aliphatic hydroxyl groups is 1. The fourth-order valence-corrected chi connectivity index (χ4v) is 1.77. The maximum Gasteiger partial charge on any atom is 0.151 e. The minimum Gasteiger partial charge on any atom is -0.487 e. The Labute approximate surface area is 126 Å². The van der Waals surface area contributed by atoms with Gasteiger partial charge in [0, 0.05) is 22.4 Å². The van der Waals surface area contributed by atoms with Crippen LogP contribution < -0.4 is 4.74 Å². The molecule has 20 heavy (non-hydrogen) atoms. The minimum atomic E-state index is -0.862. The molecule has 0 aliphatic heterocycles. The van der Waals surface area contributed by atoms with Crippen LogP contribution in [0.1, 0.15) is 12.5 Å². The molecule has 0 spiro atoms. The lowest BCUT2D eigenvalue weighted by molar-refractivity contribution is 0.0855. The molecule has 2 aromatic rings. The van der Waals surface area contributed by atoms with Crippen molar-refractivity contribution < 1.29 is 9.84 Å². The minimum absolute atomic E-state index is 0.416. The highest BCUT2D eigenvalue weighted by Crippen LogP contribution is 2.17. The summed E-state index contributed by atoms with van der Waals surface area (Å²) in [5.74, 6) is 6.33. The van der Waals surface area contributed by atoms with Gasteiger partial charge in [0.05, 0.1) is 0 Å². The molecule has 0 radical (unpaired) electrons. The molecule has 1 N–H and O–H groups in total. The smallest absolute Gasteiger partial charge is 0.151 e. The molecule has 1 aromatic heterocycles. The van der Waals surface area contributed by atoms with Crippen molar-refractivity contribution in [2.24, 2.45) is 0 Å². The van der Waals surface area contributed by atoms with Gasteiger partial charge in [0.15, 0.2) is 6.10 Å². The molecule has 0 bridgehead atoms. The first kappa shape index (κ1) is 14.6. The summed E-state index contributed by atoms with van der Waals surface area (Å²) in [7, 11) is 0. The second kappa shape index (κ2) is 7.09. The Bertz CT molecular complexity index is 602. The van der Waals surface area contributed by atoms with Crippen LogP contribution in [0.25, 0.3) is 0 Å². The quantitative estimate of drug-likeness (QED) is 0.879. The number of hydrogen-bond acceptors (Lipinski definition) is 3. The van der Waals surface area contributed by atoms with Gasteiger partial charge in [-0.2, -0.15) is 0 Å². The summed E-state index contributed by atoms with van der Waals surface area (Å²) in [5.41, 5.74) is 0.766. The van der Waals surface area contributed by atoms with E-state index in [-0.39, 0.29) is 0 Å². The third kappa shape index (κ3) is 4.37.